The Morgan fingerprint density at radius 1 is 1.31 bits per heavy atom. The van der Waals surface area contributed by atoms with Gasteiger partial charge in [-0.25, -0.2) is 0 Å². The van der Waals surface area contributed by atoms with Gasteiger partial charge in [0.2, 0.25) is 6.35 Å². The van der Waals surface area contributed by atoms with Crippen LogP contribution in [0.2, 0.25) is 0 Å². The van der Waals surface area contributed by atoms with Gasteiger partial charge in [0.1, 0.15) is 0 Å². The van der Waals surface area contributed by atoms with Crippen molar-refractivity contribution in [3.8, 4) is 0 Å². The molecule has 0 amide bonds. The first-order valence-corrected chi connectivity index (χ1v) is 6.68. The summed E-state index contributed by atoms with van der Waals surface area (Å²) in [5, 5.41) is 0. The summed E-state index contributed by atoms with van der Waals surface area (Å²) in [7, 11) is -1.16. The minimum absolute atomic E-state index is 0.245. The van der Waals surface area contributed by atoms with Crippen LogP contribution in [0.4, 0.5) is 0 Å². The van der Waals surface area contributed by atoms with E-state index in [9.17, 15) is 4.57 Å². The zero-order valence-electron chi connectivity index (χ0n) is 9.25. The van der Waals surface area contributed by atoms with Gasteiger partial charge in [-0.2, -0.15) is 0 Å². The molecule has 2 unspecified atom stereocenters. The summed E-state index contributed by atoms with van der Waals surface area (Å²) < 4.78 is 17.0. The van der Waals surface area contributed by atoms with E-state index < -0.39 is 7.80 Å². The quantitative estimate of drug-likeness (QED) is 0.591. The van der Waals surface area contributed by atoms with Gasteiger partial charge in [0, 0.05) is 0 Å². The van der Waals surface area contributed by atoms with Gasteiger partial charge >= 0.3 is 7.80 Å². The van der Waals surface area contributed by atoms with Crippen LogP contribution in [-0.4, -0.2) is 18.1 Å². The molecule has 0 aliphatic rings. The summed E-state index contributed by atoms with van der Waals surface area (Å²) in [6.45, 7) is 8.21. The van der Waals surface area contributed by atoms with E-state index in [0.29, 0.717) is 12.5 Å². The largest absolute Gasteiger partial charge is 0.369 e. The second-order valence-electron chi connectivity index (χ2n) is 3.63. The van der Waals surface area contributed by atoms with Crippen molar-refractivity contribution in [2.75, 3.05) is 6.35 Å². The Morgan fingerprint density at radius 3 is 2.31 bits per heavy atom. The maximum absolute atomic E-state index is 11.4. The van der Waals surface area contributed by atoms with E-state index >= 15 is 0 Å². The Hall–Kier alpha value is 0.0600. The monoisotopic (exact) mass is 205 g/mol. The van der Waals surface area contributed by atoms with Crippen LogP contribution in [0.25, 0.3) is 0 Å². The van der Waals surface area contributed by atoms with Gasteiger partial charge in [0.15, 0.2) is 5.66 Å². The molecule has 0 aliphatic heterocycles. The lowest BCUT2D eigenvalue weighted by Crippen LogP contribution is -2.11. The zero-order chi connectivity index (χ0) is 10.3. The molecule has 0 saturated heterocycles. The smallest absolute Gasteiger partial charge is 0.334 e. The molecule has 0 aromatic rings. The first-order chi connectivity index (χ1) is 6.11. The van der Waals surface area contributed by atoms with Gasteiger partial charge in [-0.1, -0.05) is 24.8 Å². The average molecular weight is 205 g/mol. The third-order valence-electron chi connectivity index (χ3n) is 2.08. The Labute approximate surface area is 82.8 Å². The Kier molecular flexibility index (Phi) is 7.50. The van der Waals surface area contributed by atoms with E-state index in [4.69, 9.17) is 4.74 Å². The zero-order valence-corrected chi connectivity index (χ0v) is 10.1. The highest BCUT2D eigenvalue weighted by molar-refractivity contribution is 7.45. The fraction of sp³-hybridized carbons (Fsp3) is 1.00. The summed E-state index contributed by atoms with van der Waals surface area (Å²) in [5.74, 6) is 0. The minimum Gasteiger partial charge on any atom is -0.334 e. The lowest BCUT2D eigenvalue weighted by atomic mass is 10.2. The van der Waals surface area contributed by atoms with Crippen LogP contribution in [0.3, 0.4) is 0 Å². The van der Waals surface area contributed by atoms with E-state index in [1.807, 2.05) is 13.8 Å². The lowest BCUT2D eigenvalue weighted by Gasteiger charge is -2.11. The van der Waals surface area contributed by atoms with E-state index in [0.717, 1.165) is 19.3 Å². The summed E-state index contributed by atoms with van der Waals surface area (Å²) in [5.41, 5.74) is 0.245. The van der Waals surface area contributed by atoms with Crippen LogP contribution in [-0.2, 0) is 9.30 Å². The molecule has 0 N–H and O–H groups in total. The second kappa shape index (κ2) is 7.46. The maximum atomic E-state index is 11.4. The molecule has 0 rings (SSSR count). The third kappa shape index (κ3) is 6.17. The molecule has 78 valence electrons. The molecule has 0 heterocycles. The fourth-order valence-corrected chi connectivity index (χ4v) is 1.71. The van der Waals surface area contributed by atoms with E-state index in [1.54, 1.807) is 0 Å². The summed E-state index contributed by atoms with van der Waals surface area (Å²) in [6.07, 6.45) is 3.98. The van der Waals surface area contributed by atoms with Crippen molar-refractivity contribution in [1.82, 2.24) is 0 Å². The molecule has 0 fully saturated rings. The predicted octanol–water partition coefficient (Wildman–Crippen LogP) is 3.78. The fourth-order valence-electron chi connectivity index (χ4n) is 1.06. The lowest BCUT2D eigenvalue weighted by molar-refractivity contribution is 0.0760. The van der Waals surface area contributed by atoms with Gasteiger partial charge in [0.25, 0.3) is 0 Å². The van der Waals surface area contributed by atoms with Crippen molar-refractivity contribution in [3.05, 3.63) is 0 Å². The topological polar surface area (TPSA) is 26.3 Å². The summed E-state index contributed by atoms with van der Waals surface area (Å²) in [4.78, 5) is 0. The second-order valence-corrected chi connectivity index (χ2v) is 5.75. The number of rotatable bonds is 7. The average Bonchev–Trinajstić information content (AvgIpc) is 2.11. The molecule has 0 aromatic heterocycles. The normalized spacial score (nSPS) is 14.7. The first-order valence-electron chi connectivity index (χ1n) is 5.17. The Balaban J connectivity index is 3.65. The molecule has 0 spiro atoms. The summed E-state index contributed by atoms with van der Waals surface area (Å²) >= 11 is 0. The molecule has 13 heavy (non-hydrogen) atoms. The SMILES string of the molecule is CCCC(CC)OC[P+](=O)C(C)C. The number of hydrogen-bond donors (Lipinski definition) is 0. The predicted molar refractivity (Wildman–Crippen MR) is 57.7 cm³/mol. The molecule has 0 saturated carbocycles. The van der Waals surface area contributed by atoms with Gasteiger partial charge < -0.3 is 4.74 Å². The van der Waals surface area contributed by atoms with Gasteiger partial charge in [0.05, 0.1) is 6.10 Å². The van der Waals surface area contributed by atoms with Crippen molar-refractivity contribution in [3.63, 3.8) is 0 Å². The first kappa shape index (κ1) is 13.1. The maximum Gasteiger partial charge on any atom is 0.369 e. The molecule has 0 aromatic carbocycles. The van der Waals surface area contributed by atoms with Crippen LogP contribution >= 0.6 is 7.80 Å². The van der Waals surface area contributed by atoms with Crippen LogP contribution in [0.1, 0.15) is 47.0 Å². The standard InChI is InChI=1S/C10H22O2P/c1-5-7-10(6-2)12-8-13(11)9(3)4/h9-10H,5-8H2,1-4H3/q+1. The van der Waals surface area contributed by atoms with E-state index in [1.165, 1.54) is 0 Å². The van der Waals surface area contributed by atoms with Gasteiger partial charge in [-0.3, -0.25) is 0 Å². The minimum atomic E-state index is -1.16. The molecule has 0 bridgehead atoms. The summed E-state index contributed by atoms with van der Waals surface area (Å²) in [6, 6.07) is 0. The van der Waals surface area contributed by atoms with Crippen LogP contribution < -0.4 is 0 Å². The van der Waals surface area contributed by atoms with Crippen LogP contribution in [0.5, 0.6) is 0 Å². The van der Waals surface area contributed by atoms with Crippen molar-refractivity contribution in [2.45, 2.75) is 58.7 Å². The highest BCUT2D eigenvalue weighted by Gasteiger charge is 2.22. The van der Waals surface area contributed by atoms with E-state index in [2.05, 4.69) is 13.8 Å². The highest BCUT2D eigenvalue weighted by Crippen LogP contribution is 2.28. The third-order valence-corrected chi connectivity index (χ3v) is 3.63. The van der Waals surface area contributed by atoms with Crippen molar-refractivity contribution in [1.29, 1.82) is 0 Å². The highest BCUT2D eigenvalue weighted by atomic mass is 31.1. The van der Waals surface area contributed by atoms with Gasteiger partial charge in [-0.05, 0) is 26.7 Å². The van der Waals surface area contributed by atoms with Gasteiger partial charge in [-0.15, -0.1) is 0 Å². The molecular weight excluding hydrogens is 183 g/mol. The molecule has 2 nitrogen and oxygen atoms in total. The van der Waals surface area contributed by atoms with Crippen LogP contribution in [0, 0.1) is 0 Å². The molecule has 2 atom stereocenters. The Bertz CT molecular complexity index is 146. The van der Waals surface area contributed by atoms with Crippen molar-refractivity contribution < 1.29 is 9.30 Å². The van der Waals surface area contributed by atoms with E-state index in [-0.39, 0.29) is 5.66 Å². The van der Waals surface area contributed by atoms with Crippen molar-refractivity contribution >= 4 is 7.80 Å². The van der Waals surface area contributed by atoms with Crippen molar-refractivity contribution in [2.24, 2.45) is 0 Å². The Morgan fingerprint density at radius 2 is 1.92 bits per heavy atom. The molecule has 0 aliphatic carbocycles. The van der Waals surface area contributed by atoms with Crippen LogP contribution in [0.15, 0.2) is 0 Å². The number of hydrogen-bond acceptors (Lipinski definition) is 2. The number of ether oxygens (including phenoxy) is 1. The molecule has 3 heteroatoms. The molecular formula is C10H22O2P+. The molecule has 0 radical (unpaired) electrons.